The average Bonchev–Trinajstić information content (AvgIpc) is 3.14. The van der Waals surface area contributed by atoms with Gasteiger partial charge in [0.15, 0.2) is 0 Å². The van der Waals surface area contributed by atoms with Gasteiger partial charge in [-0.1, -0.05) is 51.1 Å². The zero-order valence-electron chi connectivity index (χ0n) is 17.4. The summed E-state index contributed by atoms with van der Waals surface area (Å²) >= 11 is 0. The van der Waals surface area contributed by atoms with E-state index in [9.17, 15) is 18.0 Å². The Kier molecular flexibility index (Phi) is 6.54. The Hall–Kier alpha value is -2.76. The molecule has 0 spiro atoms. The summed E-state index contributed by atoms with van der Waals surface area (Å²) in [6.07, 6.45) is -1.49. The molecule has 1 atom stereocenters. The molecule has 160 valence electrons. The maximum absolute atomic E-state index is 13.0. The number of benzene rings is 2. The molecule has 0 aliphatic heterocycles. The summed E-state index contributed by atoms with van der Waals surface area (Å²) in [4.78, 5) is 15.9. The number of hydrogen-bond acceptors (Lipinski definition) is 1. The van der Waals surface area contributed by atoms with Crippen LogP contribution in [0, 0.1) is 5.92 Å². The smallest absolute Gasteiger partial charge is 0.361 e. The van der Waals surface area contributed by atoms with Gasteiger partial charge in [0, 0.05) is 36.0 Å². The molecule has 3 rings (SSSR count). The van der Waals surface area contributed by atoms with E-state index in [1.54, 1.807) is 0 Å². The molecule has 2 N–H and O–H groups in total. The highest BCUT2D eigenvalue weighted by Crippen LogP contribution is 2.36. The highest BCUT2D eigenvalue weighted by molar-refractivity contribution is 5.88. The van der Waals surface area contributed by atoms with Crippen LogP contribution in [0.5, 0.6) is 0 Å². The Morgan fingerprint density at radius 3 is 2.40 bits per heavy atom. The minimum atomic E-state index is -4.39. The molecule has 3 aromatic rings. The molecular weight excluding hydrogens is 389 g/mol. The Bertz CT molecular complexity index is 1000. The molecule has 0 aliphatic carbocycles. The van der Waals surface area contributed by atoms with Crippen LogP contribution in [0.2, 0.25) is 0 Å². The first-order valence-electron chi connectivity index (χ1n) is 10.2. The van der Waals surface area contributed by atoms with Crippen molar-refractivity contribution >= 4 is 16.8 Å². The normalized spacial score (nSPS) is 13.0. The zero-order chi connectivity index (χ0) is 21.9. The van der Waals surface area contributed by atoms with E-state index >= 15 is 0 Å². The van der Waals surface area contributed by atoms with Gasteiger partial charge in [-0.05, 0) is 41.2 Å². The van der Waals surface area contributed by atoms with E-state index in [1.807, 2.05) is 38.2 Å². The number of aromatic amines is 1. The predicted octanol–water partition coefficient (Wildman–Crippen LogP) is 6.04. The lowest BCUT2D eigenvalue weighted by Crippen LogP contribution is -2.28. The van der Waals surface area contributed by atoms with Crippen molar-refractivity contribution in [1.82, 2.24) is 10.3 Å². The molecule has 6 heteroatoms. The van der Waals surface area contributed by atoms with Crippen LogP contribution in [0.3, 0.4) is 0 Å². The minimum absolute atomic E-state index is 0.116. The largest absolute Gasteiger partial charge is 0.416 e. The minimum Gasteiger partial charge on any atom is -0.361 e. The summed E-state index contributed by atoms with van der Waals surface area (Å²) in [6.45, 7) is 6.66. The van der Waals surface area contributed by atoms with Gasteiger partial charge in [0.25, 0.3) is 0 Å². The molecular formula is C24H27F3N2O. The molecule has 2 aromatic carbocycles. The van der Waals surface area contributed by atoms with Crippen LogP contribution in [-0.4, -0.2) is 17.4 Å². The lowest BCUT2D eigenvalue weighted by atomic mass is 9.87. The number of carbonyl (C=O) groups is 1. The van der Waals surface area contributed by atoms with Gasteiger partial charge in [-0.15, -0.1) is 0 Å². The molecule has 0 fully saturated rings. The van der Waals surface area contributed by atoms with Gasteiger partial charge in [-0.2, -0.15) is 13.2 Å². The predicted molar refractivity (Wildman–Crippen MR) is 113 cm³/mol. The van der Waals surface area contributed by atoms with E-state index < -0.39 is 11.7 Å². The lowest BCUT2D eigenvalue weighted by molar-refractivity contribution is -0.137. The summed E-state index contributed by atoms with van der Waals surface area (Å²) in [5, 5.41) is 3.92. The van der Waals surface area contributed by atoms with Crippen LogP contribution in [0.15, 0.2) is 48.7 Å². The summed E-state index contributed by atoms with van der Waals surface area (Å²) in [7, 11) is 0. The number of nitrogens with one attached hydrogen (secondary N) is 2. The Morgan fingerprint density at radius 1 is 1.10 bits per heavy atom. The number of carbonyl (C=O) groups excluding carboxylic acids is 1. The van der Waals surface area contributed by atoms with Crippen molar-refractivity contribution < 1.29 is 18.0 Å². The first-order valence-corrected chi connectivity index (χ1v) is 10.2. The SMILES string of the molecule is CCc1cccc2c([C@@H](CC(=O)NCC(C)C)c3ccc(C(F)(F)F)cc3)c[nH]c12. The van der Waals surface area contributed by atoms with Crippen molar-refractivity contribution in [1.29, 1.82) is 0 Å². The first kappa shape index (κ1) is 21.9. The van der Waals surface area contributed by atoms with E-state index in [2.05, 4.69) is 17.2 Å². The summed E-state index contributed by atoms with van der Waals surface area (Å²) in [5.74, 6) is -0.145. The molecule has 1 heterocycles. The van der Waals surface area contributed by atoms with Crippen molar-refractivity contribution in [2.75, 3.05) is 6.54 Å². The van der Waals surface area contributed by atoms with Crippen molar-refractivity contribution in [3.05, 3.63) is 70.9 Å². The number of aromatic nitrogens is 1. The highest BCUT2D eigenvalue weighted by Gasteiger charge is 2.31. The Labute approximate surface area is 174 Å². The second-order valence-corrected chi connectivity index (χ2v) is 8.01. The van der Waals surface area contributed by atoms with Crippen LogP contribution in [0.25, 0.3) is 10.9 Å². The summed E-state index contributed by atoms with van der Waals surface area (Å²) in [6, 6.07) is 11.1. The quantitative estimate of drug-likeness (QED) is 0.484. The summed E-state index contributed by atoms with van der Waals surface area (Å²) in [5.41, 5.74) is 3.08. The van der Waals surface area contributed by atoms with Gasteiger partial charge >= 0.3 is 6.18 Å². The van der Waals surface area contributed by atoms with E-state index in [4.69, 9.17) is 0 Å². The number of para-hydroxylation sites is 1. The molecule has 0 bridgehead atoms. The van der Waals surface area contributed by atoms with Crippen molar-refractivity contribution in [2.45, 2.75) is 45.7 Å². The van der Waals surface area contributed by atoms with E-state index in [0.717, 1.165) is 40.6 Å². The van der Waals surface area contributed by atoms with Gasteiger partial charge in [-0.25, -0.2) is 0 Å². The number of amides is 1. The van der Waals surface area contributed by atoms with Crippen molar-refractivity contribution in [3.63, 3.8) is 0 Å². The topological polar surface area (TPSA) is 44.9 Å². The van der Waals surface area contributed by atoms with E-state index in [-0.39, 0.29) is 18.2 Å². The lowest BCUT2D eigenvalue weighted by Gasteiger charge is -2.19. The van der Waals surface area contributed by atoms with Gasteiger partial charge in [0.1, 0.15) is 0 Å². The molecule has 0 unspecified atom stereocenters. The van der Waals surface area contributed by atoms with Crippen LogP contribution < -0.4 is 5.32 Å². The average molecular weight is 416 g/mol. The van der Waals surface area contributed by atoms with Crippen LogP contribution in [0.1, 0.15) is 55.4 Å². The molecule has 30 heavy (non-hydrogen) atoms. The molecule has 1 amide bonds. The van der Waals surface area contributed by atoms with Gasteiger partial charge < -0.3 is 10.3 Å². The second-order valence-electron chi connectivity index (χ2n) is 8.01. The number of H-pyrrole nitrogens is 1. The van der Waals surface area contributed by atoms with Crippen molar-refractivity contribution in [2.24, 2.45) is 5.92 Å². The van der Waals surface area contributed by atoms with E-state index in [1.165, 1.54) is 12.1 Å². The molecule has 1 aromatic heterocycles. The summed E-state index contributed by atoms with van der Waals surface area (Å²) < 4.78 is 39.0. The third-order valence-electron chi connectivity index (χ3n) is 5.33. The molecule has 0 radical (unpaired) electrons. The number of hydrogen-bond donors (Lipinski definition) is 2. The van der Waals surface area contributed by atoms with Crippen LogP contribution >= 0.6 is 0 Å². The number of fused-ring (bicyclic) bond motifs is 1. The second kappa shape index (κ2) is 8.94. The number of rotatable bonds is 7. The molecule has 0 saturated heterocycles. The van der Waals surface area contributed by atoms with Crippen molar-refractivity contribution in [3.8, 4) is 0 Å². The number of halogens is 3. The molecule has 0 saturated carbocycles. The third-order valence-corrected chi connectivity index (χ3v) is 5.33. The third kappa shape index (κ3) is 4.86. The zero-order valence-corrected chi connectivity index (χ0v) is 17.4. The van der Waals surface area contributed by atoms with Gasteiger partial charge in [-0.3, -0.25) is 4.79 Å². The monoisotopic (exact) mass is 416 g/mol. The van der Waals surface area contributed by atoms with Crippen LogP contribution in [-0.2, 0) is 17.4 Å². The van der Waals surface area contributed by atoms with Gasteiger partial charge in [0.2, 0.25) is 5.91 Å². The van der Waals surface area contributed by atoms with E-state index in [0.29, 0.717) is 18.0 Å². The number of aryl methyl sites for hydroxylation is 1. The maximum atomic E-state index is 13.0. The fourth-order valence-corrected chi connectivity index (χ4v) is 3.71. The Morgan fingerprint density at radius 2 is 1.80 bits per heavy atom. The fraction of sp³-hybridized carbons (Fsp3) is 0.375. The first-order chi connectivity index (χ1) is 14.2. The van der Waals surface area contributed by atoms with Gasteiger partial charge in [0.05, 0.1) is 5.56 Å². The van der Waals surface area contributed by atoms with Crippen LogP contribution in [0.4, 0.5) is 13.2 Å². The standard InChI is InChI=1S/C24H27F3N2O/c1-4-16-6-5-7-19-21(14-29-23(16)19)20(12-22(30)28-13-15(2)3)17-8-10-18(11-9-17)24(25,26)27/h5-11,14-15,20,29H,4,12-13H2,1-3H3,(H,28,30)/t20-/m0/s1. The maximum Gasteiger partial charge on any atom is 0.416 e. The molecule has 3 nitrogen and oxygen atoms in total. The number of alkyl halides is 3. The molecule has 0 aliphatic rings. The highest BCUT2D eigenvalue weighted by atomic mass is 19.4. The fourth-order valence-electron chi connectivity index (χ4n) is 3.71. The Balaban J connectivity index is 2.01.